The van der Waals surface area contributed by atoms with E-state index in [0.717, 1.165) is 16.7 Å². The lowest BCUT2D eigenvalue weighted by atomic mass is 9.90. The molecule has 41 heavy (non-hydrogen) atoms. The molecule has 0 bridgehead atoms. The third-order valence-electron chi connectivity index (χ3n) is 7.72. The highest BCUT2D eigenvalue weighted by molar-refractivity contribution is 6.37. The minimum atomic E-state index is -0.538. The molecule has 2 aromatic carbocycles. The van der Waals surface area contributed by atoms with Gasteiger partial charge in [0.1, 0.15) is 18.0 Å². The second-order valence-electron chi connectivity index (χ2n) is 10.4. The summed E-state index contributed by atoms with van der Waals surface area (Å²) in [6.07, 6.45) is 7.17. The standard InChI is InChI=1S/C33H32Cl2N2O4/c1-9-15-37-31-23(11-10-14-36-31)29(41-33(39)17(2)3)28(32(37)38)27-25(34)12-13-26(35)30(27)40-16-24-21(7)19(5)18(4)20(6)22(24)8/h1,10-14,17H,15-16H2,2-8H3. The Hall–Kier alpha value is -3.79. The van der Waals surface area contributed by atoms with E-state index in [4.69, 9.17) is 39.1 Å². The summed E-state index contributed by atoms with van der Waals surface area (Å²) in [5.74, 6) is 1.74. The van der Waals surface area contributed by atoms with Gasteiger partial charge in [-0.2, -0.15) is 0 Å². The first-order valence-corrected chi connectivity index (χ1v) is 14.0. The highest BCUT2D eigenvalue weighted by atomic mass is 35.5. The number of aromatic nitrogens is 2. The van der Waals surface area contributed by atoms with Crippen molar-refractivity contribution in [2.75, 3.05) is 0 Å². The van der Waals surface area contributed by atoms with Crippen LogP contribution in [0.3, 0.4) is 0 Å². The van der Waals surface area contributed by atoms with E-state index < -0.39 is 17.4 Å². The second kappa shape index (κ2) is 12.0. The van der Waals surface area contributed by atoms with Gasteiger partial charge in [0.2, 0.25) is 0 Å². The Labute approximate surface area is 250 Å². The Balaban J connectivity index is 2.03. The van der Waals surface area contributed by atoms with Crippen molar-refractivity contribution in [3.05, 3.63) is 84.2 Å². The normalized spacial score (nSPS) is 11.1. The molecule has 4 aromatic rings. The number of carbonyl (C=O) groups excluding carboxylic acids is 1. The average molecular weight is 592 g/mol. The van der Waals surface area contributed by atoms with E-state index >= 15 is 0 Å². The maximum atomic E-state index is 14.1. The average Bonchev–Trinajstić information content (AvgIpc) is 2.95. The number of hydrogen-bond donors (Lipinski definition) is 0. The van der Waals surface area contributed by atoms with Crippen molar-refractivity contribution in [3.8, 4) is 35.0 Å². The number of benzene rings is 2. The number of esters is 1. The number of pyridine rings is 2. The van der Waals surface area contributed by atoms with Gasteiger partial charge in [0.05, 0.1) is 39.0 Å². The van der Waals surface area contributed by atoms with Crippen LogP contribution in [0.2, 0.25) is 10.0 Å². The number of ether oxygens (including phenoxy) is 2. The van der Waals surface area contributed by atoms with Crippen molar-refractivity contribution < 1.29 is 14.3 Å². The Bertz CT molecular complexity index is 1770. The monoisotopic (exact) mass is 590 g/mol. The topological polar surface area (TPSA) is 70.4 Å². The van der Waals surface area contributed by atoms with E-state index in [1.54, 1.807) is 44.3 Å². The van der Waals surface area contributed by atoms with E-state index in [0.29, 0.717) is 5.39 Å². The van der Waals surface area contributed by atoms with Crippen LogP contribution >= 0.6 is 23.2 Å². The highest BCUT2D eigenvalue weighted by Crippen LogP contribution is 2.46. The molecule has 0 unspecified atom stereocenters. The third kappa shape index (κ3) is 5.45. The first-order valence-electron chi connectivity index (χ1n) is 13.2. The Morgan fingerprint density at radius 2 is 1.56 bits per heavy atom. The summed E-state index contributed by atoms with van der Waals surface area (Å²) >= 11 is 13.5. The first kappa shape index (κ1) is 30.2. The lowest BCUT2D eigenvalue weighted by Crippen LogP contribution is -2.26. The van der Waals surface area contributed by atoms with Gasteiger partial charge in [-0.05, 0) is 92.3 Å². The second-order valence-corrected chi connectivity index (χ2v) is 11.2. The van der Waals surface area contributed by atoms with Gasteiger partial charge in [-0.3, -0.25) is 14.2 Å². The number of rotatable bonds is 7. The molecule has 0 radical (unpaired) electrons. The summed E-state index contributed by atoms with van der Waals surface area (Å²) in [5, 5.41) is 0.865. The molecular formula is C33H32Cl2N2O4. The number of hydrogen-bond acceptors (Lipinski definition) is 5. The number of nitrogens with zero attached hydrogens (tertiary/aromatic N) is 2. The van der Waals surface area contributed by atoms with Crippen LogP contribution in [0.5, 0.6) is 11.5 Å². The van der Waals surface area contributed by atoms with Crippen molar-refractivity contribution in [2.45, 2.75) is 61.6 Å². The molecule has 8 heteroatoms. The summed E-state index contributed by atoms with van der Waals surface area (Å²) in [6.45, 7) is 13.9. The maximum Gasteiger partial charge on any atom is 0.313 e. The van der Waals surface area contributed by atoms with Gasteiger partial charge in [-0.1, -0.05) is 43.0 Å². The summed E-state index contributed by atoms with van der Waals surface area (Å²) in [4.78, 5) is 31.4. The van der Waals surface area contributed by atoms with Gasteiger partial charge < -0.3 is 9.47 Å². The molecule has 0 spiro atoms. The highest BCUT2D eigenvalue weighted by Gasteiger charge is 2.28. The Morgan fingerprint density at radius 1 is 0.951 bits per heavy atom. The van der Waals surface area contributed by atoms with Crippen LogP contribution in [0.25, 0.3) is 22.2 Å². The SMILES string of the molecule is C#CCn1c(=O)c(-c2c(Cl)ccc(Cl)c2OCc2c(C)c(C)c(C)c(C)c2C)c(OC(=O)C(C)C)c2cccnc21. The van der Waals surface area contributed by atoms with Crippen molar-refractivity contribution in [2.24, 2.45) is 5.92 Å². The van der Waals surface area contributed by atoms with E-state index in [-0.39, 0.29) is 51.5 Å². The summed E-state index contributed by atoms with van der Waals surface area (Å²) in [7, 11) is 0. The van der Waals surface area contributed by atoms with Crippen LogP contribution < -0.4 is 15.0 Å². The van der Waals surface area contributed by atoms with E-state index in [1.807, 2.05) is 0 Å². The molecule has 0 amide bonds. The predicted molar refractivity (Wildman–Crippen MR) is 165 cm³/mol. The smallest absolute Gasteiger partial charge is 0.313 e. The zero-order chi connectivity index (χ0) is 30.2. The predicted octanol–water partition coefficient (Wildman–Crippen LogP) is 7.69. The fourth-order valence-corrected chi connectivity index (χ4v) is 5.34. The number of fused-ring (bicyclic) bond motifs is 1. The molecule has 0 aliphatic heterocycles. The van der Waals surface area contributed by atoms with Gasteiger partial charge in [0.15, 0.2) is 5.75 Å². The lowest BCUT2D eigenvalue weighted by molar-refractivity contribution is -0.137. The van der Waals surface area contributed by atoms with Crippen molar-refractivity contribution in [1.29, 1.82) is 0 Å². The molecule has 0 aliphatic rings. The fraction of sp³-hybridized carbons (Fsp3) is 0.303. The minimum Gasteiger partial charge on any atom is -0.487 e. The number of carbonyl (C=O) groups is 1. The minimum absolute atomic E-state index is 0.0157. The first-order chi connectivity index (χ1) is 19.4. The molecule has 2 heterocycles. The van der Waals surface area contributed by atoms with Crippen LogP contribution in [0, 0.1) is 52.9 Å². The molecule has 0 saturated carbocycles. The molecule has 0 N–H and O–H groups in total. The van der Waals surface area contributed by atoms with E-state index in [1.165, 1.54) is 21.3 Å². The molecule has 2 aromatic heterocycles. The lowest BCUT2D eigenvalue weighted by Gasteiger charge is -2.22. The van der Waals surface area contributed by atoms with Crippen LogP contribution in [0.1, 0.15) is 47.2 Å². The molecule has 6 nitrogen and oxygen atoms in total. The summed E-state index contributed by atoms with van der Waals surface area (Å²) < 4.78 is 13.6. The van der Waals surface area contributed by atoms with Crippen LogP contribution in [-0.2, 0) is 17.9 Å². The van der Waals surface area contributed by atoms with Crippen LogP contribution in [0.4, 0.5) is 0 Å². The van der Waals surface area contributed by atoms with Gasteiger partial charge >= 0.3 is 5.97 Å². The number of halogens is 2. The van der Waals surface area contributed by atoms with Gasteiger partial charge in [-0.15, -0.1) is 6.42 Å². The maximum absolute atomic E-state index is 14.1. The van der Waals surface area contributed by atoms with Crippen molar-refractivity contribution >= 4 is 40.2 Å². The van der Waals surface area contributed by atoms with Crippen molar-refractivity contribution in [3.63, 3.8) is 0 Å². The molecule has 212 valence electrons. The fourth-order valence-electron chi connectivity index (χ4n) is 4.88. The van der Waals surface area contributed by atoms with E-state index in [2.05, 4.69) is 45.5 Å². The van der Waals surface area contributed by atoms with E-state index in [9.17, 15) is 9.59 Å². The van der Waals surface area contributed by atoms with Gasteiger partial charge in [0, 0.05) is 6.20 Å². The zero-order valence-corrected chi connectivity index (χ0v) is 25.8. The quantitative estimate of drug-likeness (QED) is 0.163. The van der Waals surface area contributed by atoms with Crippen LogP contribution in [-0.4, -0.2) is 15.5 Å². The van der Waals surface area contributed by atoms with Crippen molar-refractivity contribution in [1.82, 2.24) is 9.55 Å². The molecule has 4 rings (SSSR count). The molecule has 0 aliphatic carbocycles. The zero-order valence-electron chi connectivity index (χ0n) is 24.2. The number of terminal acetylenes is 1. The van der Waals surface area contributed by atoms with Gasteiger partial charge in [0.25, 0.3) is 5.56 Å². The Kier molecular flexibility index (Phi) is 8.82. The summed E-state index contributed by atoms with van der Waals surface area (Å²) in [5.41, 5.74) is 6.83. The molecule has 0 fully saturated rings. The molecule has 0 atom stereocenters. The molecule has 0 saturated heterocycles. The largest absolute Gasteiger partial charge is 0.487 e. The molecular weight excluding hydrogens is 559 g/mol. The van der Waals surface area contributed by atoms with Gasteiger partial charge in [-0.25, -0.2) is 4.98 Å². The third-order valence-corrected chi connectivity index (χ3v) is 8.33. The Morgan fingerprint density at radius 3 is 2.17 bits per heavy atom. The summed E-state index contributed by atoms with van der Waals surface area (Å²) in [6, 6.07) is 6.59. The van der Waals surface area contributed by atoms with Crippen LogP contribution in [0.15, 0.2) is 35.3 Å².